The first-order chi connectivity index (χ1) is 12.3. The van der Waals surface area contributed by atoms with Crippen molar-refractivity contribution in [3.63, 3.8) is 0 Å². The zero-order chi connectivity index (χ0) is 18.9. The summed E-state index contributed by atoms with van der Waals surface area (Å²) in [4.78, 5) is 38.0. The summed E-state index contributed by atoms with van der Waals surface area (Å²) < 4.78 is 34.8. The van der Waals surface area contributed by atoms with Gasteiger partial charge < -0.3 is 15.5 Å². The van der Waals surface area contributed by atoms with E-state index in [1.54, 1.807) is 0 Å². The van der Waals surface area contributed by atoms with Crippen LogP contribution in [-0.2, 0) is 24.3 Å². The molecule has 3 aliphatic rings. The second-order valence-corrected chi connectivity index (χ2v) is 7.70. The van der Waals surface area contributed by atoms with Crippen molar-refractivity contribution in [1.82, 2.24) is 20.6 Å². The molecule has 3 saturated heterocycles. The molecule has 0 radical (unpaired) electrons. The van der Waals surface area contributed by atoms with Gasteiger partial charge in [0.25, 0.3) is 0 Å². The smallest absolute Gasteiger partial charge is 0.347 e. The highest BCUT2D eigenvalue weighted by Crippen LogP contribution is 2.30. The van der Waals surface area contributed by atoms with Crippen molar-refractivity contribution >= 4 is 28.1 Å². The first kappa shape index (κ1) is 19.0. The van der Waals surface area contributed by atoms with E-state index in [-0.39, 0.29) is 24.9 Å². The second-order valence-electron chi connectivity index (χ2n) is 6.70. The van der Waals surface area contributed by atoms with E-state index in [2.05, 4.69) is 14.9 Å². The van der Waals surface area contributed by atoms with Crippen molar-refractivity contribution in [2.24, 2.45) is 0 Å². The molecule has 0 unspecified atom stereocenters. The summed E-state index contributed by atoms with van der Waals surface area (Å²) in [7, 11) is -4.82. The number of carbonyl (C=O) groups excluding carboxylic acids is 3. The van der Waals surface area contributed by atoms with E-state index in [0.29, 0.717) is 17.9 Å². The molecule has 3 atom stereocenters. The number of carbonyl (C=O) groups is 3. The van der Waals surface area contributed by atoms with Crippen molar-refractivity contribution in [3.8, 4) is 0 Å². The lowest BCUT2D eigenvalue weighted by Crippen LogP contribution is -2.52. The number of piperidine rings is 2. The number of fused-ring (bicyclic) bond motifs is 2. The maximum Gasteiger partial charge on any atom is 0.418 e. The van der Waals surface area contributed by atoms with Gasteiger partial charge in [-0.1, -0.05) is 6.42 Å². The van der Waals surface area contributed by atoms with Gasteiger partial charge in [0.05, 0.1) is 18.6 Å². The van der Waals surface area contributed by atoms with E-state index in [0.717, 1.165) is 25.8 Å². The Bertz CT molecular complexity index is 691. The van der Waals surface area contributed by atoms with E-state index in [9.17, 15) is 22.8 Å². The number of nitrogens with one attached hydrogen (secondary N) is 2. The van der Waals surface area contributed by atoms with Crippen molar-refractivity contribution < 1.29 is 31.6 Å². The van der Waals surface area contributed by atoms with Crippen LogP contribution in [-0.4, -0.2) is 78.4 Å². The fourth-order valence-electron chi connectivity index (χ4n) is 3.65. The normalized spacial score (nSPS) is 29.0. The van der Waals surface area contributed by atoms with E-state index in [1.165, 1.54) is 4.90 Å². The van der Waals surface area contributed by atoms with Crippen LogP contribution in [0.3, 0.4) is 0 Å². The predicted molar refractivity (Wildman–Crippen MR) is 87.0 cm³/mol. The highest BCUT2D eigenvalue weighted by Gasteiger charge is 2.49. The molecule has 3 fully saturated rings. The van der Waals surface area contributed by atoms with Crippen LogP contribution in [0, 0.1) is 0 Å². The van der Waals surface area contributed by atoms with Crippen LogP contribution in [0.4, 0.5) is 4.79 Å². The molecule has 0 saturated carbocycles. The van der Waals surface area contributed by atoms with Crippen LogP contribution in [0.5, 0.6) is 0 Å². The Kier molecular flexibility index (Phi) is 5.46. The Labute approximate surface area is 150 Å². The third-order valence-electron chi connectivity index (χ3n) is 4.94. The molecule has 146 valence electrons. The zero-order valence-corrected chi connectivity index (χ0v) is 14.9. The molecule has 0 aliphatic carbocycles. The number of rotatable bonds is 6. The minimum atomic E-state index is -4.82. The van der Waals surface area contributed by atoms with Crippen molar-refractivity contribution in [2.45, 2.75) is 50.2 Å². The van der Waals surface area contributed by atoms with Crippen LogP contribution >= 0.6 is 0 Å². The van der Waals surface area contributed by atoms with E-state index < -0.39 is 34.4 Å². The second kappa shape index (κ2) is 7.47. The number of nitrogens with zero attached hydrogens (tertiary/aromatic N) is 2. The molecule has 0 aromatic carbocycles. The molecule has 0 spiro atoms. The number of Topliss-reactive ketones (excluding diaryl/α,β-unsaturated/α-hetero) is 1. The molecule has 3 rings (SSSR count). The van der Waals surface area contributed by atoms with Gasteiger partial charge in [-0.15, -0.1) is 4.28 Å². The Balaban J connectivity index is 1.56. The topological polar surface area (TPSA) is 145 Å². The van der Waals surface area contributed by atoms with Crippen molar-refractivity contribution in [3.05, 3.63) is 0 Å². The zero-order valence-electron chi connectivity index (χ0n) is 14.1. The van der Waals surface area contributed by atoms with Gasteiger partial charge >= 0.3 is 16.4 Å². The third kappa shape index (κ3) is 4.14. The summed E-state index contributed by atoms with van der Waals surface area (Å²) >= 11 is 0. The molecule has 26 heavy (non-hydrogen) atoms. The summed E-state index contributed by atoms with van der Waals surface area (Å²) in [6.07, 6.45) is 3.38. The molecular formula is C14H22N4O7S. The minimum absolute atomic E-state index is 0.101. The Morgan fingerprint density at radius 1 is 1.27 bits per heavy atom. The Hall–Kier alpha value is -1.76. The van der Waals surface area contributed by atoms with Gasteiger partial charge in [0.2, 0.25) is 5.91 Å². The largest absolute Gasteiger partial charge is 0.418 e. The van der Waals surface area contributed by atoms with Gasteiger partial charge in [0, 0.05) is 6.54 Å². The van der Waals surface area contributed by atoms with Crippen LogP contribution in [0.2, 0.25) is 0 Å². The molecule has 11 nitrogen and oxygen atoms in total. The van der Waals surface area contributed by atoms with Crippen molar-refractivity contribution in [2.75, 3.05) is 19.6 Å². The first-order valence-corrected chi connectivity index (χ1v) is 9.93. The molecule has 12 heteroatoms. The van der Waals surface area contributed by atoms with Gasteiger partial charge in [-0.05, 0) is 32.2 Å². The number of hydroxylamine groups is 2. The van der Waals surface area contributed by atoms with Crippen LogP contribution in [0.15, 0.2) is 0 Å². The first-order valence-electron chi connectivity index (χ1n) is 8.57. The molecule has 3 aliphatic heterocycles. The minimum Gasteiger partial charge on any atom is -0.347 e. The number of urea groups is 1. The lowest BCUT2D eigenvalue weighted by Gasteiger charge is -2.29. The Morgan fingerprint density at radius 3 is 2.69 bits per heavy atom. The van der Waals surface area contributed by atoms with Crippen LogP contribution < -0.4 is 10.6 Å². The quantitative estimate of drug-likeness (QED) is 0.480. The van der Waals surface area contributed by atoms with Crippen molar-refractivity contribution in [1.29, 1.82) is 0 Å². The summed E-state index contributed by atoms with van der Waals surface area (Å²) in [5.41, 5.74) is 0. The molecule has 0 aromatic rings. The molecule has 2 bridgehead atoms. The third-order valence-corrected chi connectivity index (χ3v) is 5.28. The predicted octanol–water partition coefficient (Wildman–Crippen LogP) is -1.18. The molecule has 0 aromatic heterocycles. The average molecular weight is 390 g/mol. The van der Waals surface area contributed by atoms with Crippen LogP contribution in [0.1, 0.15) is 32.1 Å². The van der Waals surface area contributed by atoms with E-state index in [4.69, 9.17) is 4.55 Å². The van der Waals surface area contributed by atoms with Gasteiger partial charge in [-0.2, -0.15) is 13.5 Å². The molecule has 3 amide bonds. The molecule has 3 N–H and O–H groups in total. The van der Waals surface area contributed by atoms with E-state index in [1.807, 2.05) is 0 Å². The summed E-state index contributed by atoms with van der Waals surface area (Å²) in [6.45, 7) is 0.772. The summed E-state index contributed by atoms with van der Waals surface area (Å²) in [5, 5.41) is 6.26. The fraction of sp³-hybridized carbons (Fsp3) is 0.786. The van der Waals surface area contributed by atoms with E-state index >= 15 is 0 Å². The number of hydrogen-bond donors (Lipinski definition) is 3. The van der Waals surface area contributed by atoms with Gasteiger partial charge in [0.1, 0.15) is 6.04 Å². The molecule has 3 heterocycles. The standard InChI is InChI=1S/C14H22N4O7S/c19-12(10-3-1-2-6-15-10)7-16-13(20)11-5-4-9-8-17(11)14(21)18(9)25-26(22,23)24/h9-11,15H,1-8H2,(H,16,20)(H,22,23,24)/t9-,10+,11+/m1/s1. The van der Waals surface area contributed by atoms with Gasteiger partial charge in [-0.3, -0.25) is 14.1 Å². The SMILES string of the molecule is O=C(CNC(=O)[C@@H]1CC[C@@H]2CN1C(=O)N2OS(=O)(=O)O)[C@@H]1CCCCN1. The number of ketones is 1. The average Bonchev–Trinajstić information content (AvgIpc) is 2.84. The Morgan fingerprint density at radius 2 is 2.04 bits per heavy atom. The highest BCUT2D eigenvalue weighted by atomic mass is 32.3. The fourth-order valence-corrected chi connectivity index (χ4v) is 4.03. The summed E-state index contributed by atoms with van der Waals surface area (Å²) in [5.74, 6) is -0.564. The van der Waals surface area contributed by atoms with Crippen LogP contribution in [0.25, 0.3) is 0 Å². The highest BCUT2D eigenvalue weighted by molar-refractivity contribution is 7.80. The molecular weight excluding hydrogens is 368 g/mol. The lowest BCUT2D eigenvalue weighted by atomic mass is 9.99. The maximum absolute atomic E-state index is 12.4. The maximum atomic E-state index is 12.4. The van der Waals surface area contributed by atoms with Gasteiger partial charge in [-0.25, -0.2) is 4.79 Å². The monoisotopic (exact) mass is 390 g/mol. The summed E-state index contributed by atoms with van der Waals surface area (Å²) in [6, 6.07) is -2.42. The van der Waals surface area contributed by atoms with Gasteiger partial charge in [0.15, 0.2) is 5.78 Å². The number of amides is 3. The lowest BCUT2D eigenvalue weighted by molar-refractivity contribution is -0.129. The number of hydrogen-bond acceptors (Lipinski definition) is 7.